The first-order valence-corrected chi connectivity index (χ1v) is 9.85. The van der Waals surface area contributed by atoms with Crippen molar-refractivity contribution in [2.45, 2.75) is 25.7 Å². The second-order valence-electron chi connectivity index (χ2n) is 7.02. The summed E-state index contributed by atoms with van der Waals surface area (Å²) in [5.74, 6) is 0.0128. The number of amides is 1. The van der Waals surface area contributed by atoms with E-state index in [9.17, 15) is 4.79 Å². The van der Waals surface area contributed by atoms with E-state index in [2.05, 4.69) is 16.7 Å². The molecular formula is C23H22ClN3O. The van der Waals surface area contributed by atoms with E-state index in [1.54, 1.807) is 7.05 Å². The lowest BCUT2D eigenvalue weighted by Crippen LogP contribution is -2.19. The van der Waals surface area contributed by atoms with Crippen molar-refractivity contribution in [1.29, 1.82) is 0 Å². The molecule has 2 aromatic carbocycles. The van der Waals surface area contributed by atoms with Crippen LogP contribution in [0.4, 0.5) is 11.4 Å². The van der Waals surface area contributed by atoms with Crippen LogP contribution < -0.4 is 10.6 Å². The van der Waals surface area contributed by atoms with Crippen LogP contribution in [0.5, 0.6) is 0 Å². The number of carbonyl (C=O) groups excluding carboxylic acids is 1. The molecule has 28 heavy (non-hydrogen) atoms. The van der Waals surface area contributed by atoms with Crippen LogP contribution in [0.1, 0.15) is 23.2 Å². The molecule has 142 valence electrons. The number of pyridine rings is 1. The second-order valence-corrected chi connectivity index (χ2v) is 7.45. The molecule has 0 radical (unpaired) electrons. The summed E-state index contributed by atoms with van der Waals surface area (Å²) in [6, 6.07) is 17.9. The maximum Gasteiger partial charge on any atom is 0.224 e. The van der Waals surface area contributed by atoms with Gasteiger partial charge in [0, 0.05) is 34.7 Å². The minimum Gasteiger partial charge on any atom is -0.359 e. The SMILES string of the molecule is CNC(=O)Cc1ccc(Nc2cc(-c3cccc(Cl)c3)nc3c2CCC3)cc1. The van der Waals surface area contributed by atoms with Crippen molar-refractivity contribution in [3.05, 3.63) is 76.4 Å². The fraction of sp³-hybridized carbons (Fsp3) is 0.217. The zero-order valence-electron chi connectivity index (χ0n) is 15.8. The first kappa shape index (κ1) is 18.5. The fourth-order valence-corrected chi connectivity index (χ4v) is 3.78. The van der Waals surface area contributed by atoms with Crippen molar-refractivity contribution in [2.24, 2.45) is 0 Å². The third kappa shape index (κ3) is 4.02. The van der Waals surface area contributed by atoms with Gasteiger partial charge in [0.2, 0.25) is 5.91 Å². The zero-order valence-corrected chi connectivity index (χ0v) is 16.5. The van der Waals surface area contributed by atoms with Crippen molar-refractivity contribution in [2.75, 3.05) is 12.4 Å². The van der Waals surface area contributed by atoms with E-state index in [4.69, 9.17) is 16.6 Å². The summed E-state index contributed by atoms with van der Waals surface area (Å²) < 4.78 is 0. The van der Waals surface area contributed by atoms with Crippen molar-refractivity contribution in [3.8, 4) is 11.3 Å². The molecule has 0 bridgehead atoms. The van der Waals surface area contributed by atoms with E-state index < -0.39 is 0 Å². The maximum absolute atomic E-state index is 11.5. The molecule has 0 unspecified atom stereocenters. The molecular weight excluding hydrogens is 370 g/mol. The van der Waals surface area contributed by atoms with Gasteiger partial charge in [-0.15, -0.1) is 0 Å². The van der Waals surface area contributed by atoms with Gasteiger partial charge in [0.1, 0.15) is 0 Å². The molecule has 3 aromatic rings. The summed E-state index contributed by atoms with van der Waals surface area (Å²) >= 11 is 6.17. The number of anilines is 2. The van der Waals surface area contributed by atoms with Gasteiger partial charge in [-0.2, -0.15) is 0 Å². The number of likely N-dealkylation sites (N-methyl/N-ethyl adjacent to an activating group) is 1. The summed E-state index contributed by atoms with van der Waals surface area (Å²) in [5, 5.41) is 6.91. The molecule has 2 N–H and O–H groups in total. The Bertz CT molecular complexity index is 1010. The summed E-state index contributed by atoms with van der Waals surface area (Å²) in [5.41, 5.74) is 7.49. The molecule has 0 spiro atoms. The average molecular weight is 392 g/mol. The number of aryl methyl sites for hydroxylation is 1. The largest absolute Gasteiger partial charge is 0.359 e. The van der Waals surface area contributed by atoms with Gasteiger partial charge in [-0.05, 0) is 60.7 Å². The van der Waals surface area contributed by atoms with E-state index in [1.807, 2.05) is 48.5 Å². The predicted molar refractivity (Wildman–Crippen MR) is 114 cm³/mol. The molecule has 1 amide bonds. The molecule has 0 saturated heterocycles. The van der Waals surface area contributed by atoms with Crippen LogP contribution in [0.2, 0.25) is 5.02 Å². The predicted octanol–water partition coefficient (Wildman–Crippen LogP) is 4.92. The van der Waals surface area contributed by atoms with E-state index >= 15 is 0 Å². The first-order valence-electron chi connectivity index (χ1n) is 9.47. The molecule has 1 heterocycles. The Hall–Kier alpha value is -2.85. The van der Waals surface area contributed by atoms with Gasteiger partial charge in [0.05, 0.1) is 12.1 Å². The van der Waals surface area contributed by atoms with Gasteiger partial charge in [-0.1, -0.05) is 35.9 Å². The highest BCUT2D eigenvalue weighted by atomic mass is 35.5. The summed E-state index contributed by atoms with van der Waals surface area (Å²) in [6.45, 7) is 0. The lowest BCUT2D eigenvalue weighted by Gasteiger charge is -2.14. The van der Waals surface area contributed by atoms with E-state index in [0.717, 1.165) is 53.2 Å². The Morgan fingerprint density at radius 3 is 2.68 bits per heavy atom. The highest BCUT2D eigenvalue weighted by Gasteiger charge is 2.19. The molecule has 4 rings (SSSR count). The van der Waals surface area contributed by atoms with E-state index in [0.29, 0.717) is 11.4 Å². The van der Waals surface area contributed by atoms with Crippen LogP contribution in [0.15, 0.2) is 54.6 Å². The monoisotopic (exact) mass is 391 g/mol. The Kier molecular flexibility index (Phi) is 5.31. The molecule has 1 aliphatic rings. The molecule has 4 nitrogen and oxygen atoms in total. The number of benzene rings is 2. The number of nitrogens with zero attached hydrogens (tertiary/aromatic N) is 1. The van der Waals surface area contributed by atoms with Crippen LogP contribution in [-0.2, 0) is 24.1 Å². The second kappa shape index (κ2) is 8.03. The van der Waals surface area contributed by atoms with E-state index in [-0.39, 0.29) is 5.91 Å². The highest BCUT2D eigenvalue weighted by Crippen LogP contribution is 2.34. The number of halogens is 1. The first-order chi connectivity index (χ1) is 13.6. The van der Waals surface area contributed by atoms with Crippen molar-refractivity contribution in [3.63, 3.8) is 0 Å². The fourth-order valence-electron chi connectivity index (χ4n) is 3.59. The summed E-state index contributed by atoms with van der Waals surface area (Å²) in [4.78, 5) is 16.4. The van der Waals surface area contributed by atoms with Gasteiger partial charge in [0.25, 0.3) is 0 Å². The van der Waals surface area contributed by atoms with Gasteiger partial charge in [-0.3, -0.25) is 9.78 Å². The third-order valence-electron chi connectivity index (χ3n) is 5.05. The Labute approximate surface area is 170 Å². The van der Waals surface area contributed by atoms with Crippen molar-refractivity contribution >= 4 is 28.9 Å². The molecule has 5 heteroatoms. The maximum atomic E-state index is 11.5. The normalized spacial score (nSPS) is 12.5. The van der Waals surface area contributed by atoms with Crippen LogP contribution in [-0.4, -0.2) is 17.9 Å². The standard InChI is InChI=1S/C23H22ClN3O/c1-25-23(28)12-15-8-10-18(11-9-15)26-22-14-21(16-4-2-5-17(24)13-16)27-20-7-3-6-19(20)22/h2,4-5,8-11,13-14H,3,6-7,12H2,1H3,(H,25,28)(H,26,27). The molecule has 0 atom stereocenters. The van der Waals surface area contributed by atoms with Crippen molar-refractivity contribution in [1.82, 2.24) is 10.3 Å². The number of nitrogens with one attached hydrogen (secondary N) is 2. The number of aromatic nitrogens is 1. The average Bonchev–Trinajstić information content (AvgIpc) is 3.18. The lowest BCUT2D eigenvalue weighted by molar-refractivity contribution is -0.119. The van der Waals surface area contributed by atoms with Gasteiger partial charge in [0.15, 0.2) is 0 Å². The molecule has 1 aromatic heterocycles. The van der Waals surface area contributed by atoms with Gasteiger partial charge >= 0.3 is 0 Å². The van der Waals surface area contributed by atoms with E-state index in [1.165, 1.54) is 5.56 Å². The molecule has 0 fully saturated rings. The van der Waals surface area contributed by atoms with Crippen LogP contribution >= 0.6 is 11.6 Å². The smallest absolute Gasteiger partial charge is 0.224 e. The van der Waals surface area contributed by atoms with Crippen LogP contribution in [0.3, 0.4) is 0 Å². The Morgan fingerprint density at radius 1 is 1.11 bits per heavy atom. The summed E-state index contributed by atoms with van der Waals surface area (Å²) in [7, 11) is 1.65. The topological polar surface area (TPSA) is 54.0 Å². The number of hydrogen-bond acceptors (Lipinski definition) is 3. The quantitative estimate of drug-likeness (QED) is 0.648. The Morgan fingerprint density at radius 2 is 1.93 bits per heavy atom. The van der Waals surface area contributed by atoms with Gasteiger partial charge < -0.3 is 10.6 Å². The minimum atomic E-state index is 0.0128. The summed E-state index contributed by atoms with van der Waals surface area (Å²) in [6.07, 6.45) is 3.56. The molecule has 1 aliphatic carbocycles. The number of rotatable bonds is 5. The highest BCUT2D eigenvalue weighted by molar-refractivity contribution is 6.30. The minimum absolute atomic E-state index is 0.0128. The van der Waals surface area contributed by atoms with Crippen LogP contribution in [0.25, 0.3) is 11.3 Å². The zero-order chi connectivity index (χ0) is 19.5. The van der Waals surface area contributed by atoms with Crippen molar-refractivity contribution < 1.29 is 4.79 Å². The van der Waals surface area contributed by atoms with Crippen LogP contribution in [0, 0.1) is 0 Å². The third-order valence-corrected chi connectivity index (χ3v) is 5.28. The van der Waals surface area contributed by atoms with Gasteiger partial charge in [-0.25, -0.2) is 0 Å². The number of carbonyl (C=O) groups is 1. The Balaban J connectivity index is 1.63. The number of hydrogen-bond donors (Lipinski definition) is 2. The molecule has 0 saturated carbocycles. The molecule has 0 aliphatic heterocycles. The lowest BCUT2D eigenvalue weighted by atomic mass is 10.1. The number of fused-ring (bicyclic) bond motifs is 1.